The summed E-state index contributed by atoms with van der Waals surface area (Å²) in [5.41, 5.74) is 5.35. The Kier molecular flexibility index (Phi) is 5.22. The van der Waals surface area contributed by atoms with Crippen LogP contribution in [0, 0.1) is 6.92 Å². The van der Waals surface area contributed by atoms with Gasteiger partial charge in [0.1, 0.15) is 5.75 Å². The molecule has 2 rings (SSSR count). The second-order valence-electron chi connectivity index (χ2n) is 4.20. The van der Waals surface area contributed by atoms with E-state index in [1.807, 2.05) is 43.3 Å². The van der Waals surface area contributed by atoms with Gasteiger partial charge in [-0.2, -0.15) is 5.10 Å². The van der Waals surface area contributed by atoms with E-state index in [0.29, 0.717) is 5.11 Å². The minimum absolute atomic E-state index is 0.400. The number of thiocarbonyl (C=S) groups is 1. The minimum atomic E-state index is 0.400. The Morgan fingerprint density at radius 3 is 2.86 bits per heavy atom. The van der Waals surface area contributed by atoms with Gasteiger partial charge in [-0.3, -0.25) is 10.4 Å². The molecule has 0 saturated heterocycles. The minimum Gasteiger partial charge on any atom is -0.496 e. The molecule has 1 aromatic heterocycles. The zero-order valence-corrected chi connectivity index (χ0v) is 12.6. The molecule has 0 fully saturated rings. The smallest absolute Gasteiger partial charge is 0.191 e. The van der Waals surface area contributed by atoms with Crippen molar-refractivity contribution in [2.24, 2.45) is 5.10 Å². The number of hydrazone groups is 1. The fraction of sp³-hybridized carbons (Fsp3) is 0.133. The molecular formula is C15H16N4OS. The van der Waals surface area contributed by atoms with Crippen LogP contribution in [0.5, 0.6) is 5.75 Å². The number of aromatic nitrogens is 1. The average Bonchev–Trinajstić information content (AvgIpc) is 2.50. The zero-order chi connectivity index (χ0) is 15.1. The molecule has 0 aliphatic carbocycles. The SMILES string of the molecule is COc1ccccc1/C=N/NC(=S)Nc1cccnc1C. The number of pyridine rings is 1. The predicted molar refractivity (Wildman–Crippen MR) is 88.9 cm³/mol. The van der Waals surface area contributed by atoms with E-state index in [1.54, 1.807) is 19.5 Å². The van der Waals surface area contributed by atoms with Gasteiger partial charge in [0.2, 0.25) is 0 Å². The highest BCUT2D eigenvalue weighted by Gasteiger charge is 2.00. The molecule has 108 valence electrons. The van der Waals surface area contributed by atoms with Gasteiger partial charge in [0, 0.05) is 11.8 Å². The third-order valence-corrected chi connectivity index (χ3v) is 2.96. The number of rotatable bonds is 4. The van der Waals surface area contributed by atoms with E-state index in [4.69, 9.17) is 17.0 Å². The number of para-hydroxylation sites is 1. The van der Waals surface area contributed by atoms with E-state index >= 15 is 0 Å². The molecule has 0 spiro atoms. The summed E-state index contributed by atoms with van der Waals surface area (Å²) in [6.07, 6.45) is 3.39. The Morgan fingerprint density at radius 2 is 2.10 bits per heavy atom. The van der Waals surface area contributed by atoms with Crippen molar-refractivity contribution >= 4 is 29.2 Å². The Morgan fingerprint density at radius 1 is 1.29 bits per heavy atom. The van der Waals surface area contributed by atoms with Gasteiger partial charge in [0.25, 0.3) is 0 Å². The molecule has 0 bridgehead atoms. The molecule has 21 heavy (non-hydrogen) atoms. The molecule has 0 radical (unpaired) electrons. The van der Waals surface area contributed by atoms with Crippen LogP contribution < -0.4 is 15.5 Å². The fourth-order valence-corrected chi connectivity index (χ4v) is 1.86. The Balaban J connectivity index is 1.95. The lowest BCUT2D eigenvalue weighted by atomic mass is 10.2. The van der Waals surface area contributed by atoms with Crippen LogP contribution in [-0.2, 0) is 0 Å². The molecule has 0 saturated carbocycles. The molecular weight excluding hydrogens is 284 g/mol. The Labute approximate surface area is 129 Å². The number of anilines is 1. The summed E-state index contributed by atoms with van der Waals surface area (Å²) in [5, 5.41) is 7.53. The van der Waals surface area contributed by atoms with Crippen molar-refractivity contribution in [2.75, 3.05) is 12.4 Å². The Hall–Kier alpha value is -2.47. The van der Waals surface area contributed by atoms with Gasteiger partial charge in [0.05, 0.1) is 24.7 Å². The fourth-order valence-electron chi connectivity index (χ4n) is 1.70. The molecule has 5 nitrogen and oxygen atoms in total. The van der Waals surface area contributed by atoms with E-state index in [1.165, 1.54) is 0 Å². The summed E-state index contributed by atoms with van der Waals surface area (Å²) < 4.78 is 5.24. The van der Waals surface area contributed by atoms with Crippen molar-refractivity contribution in [2.45, 2.75) is 6.92 Å². The van der Waals surface area contributed by atoms with Gasteiger partial charge < -0.3 is 10.1 Å². The van der Waals surface area contributed by atoms with Crippen LogP contribution in [0.25, 0.3) is 0 Å². The molecule has 1 heterocycles. The maximum absolute atomic E-state index is 5.24. The zero-order valence-electron chi connectivity index (χ0n) is 11.8. The number of aryl methyl sites for hydroxylation is 1. The van der Waals surface area contributed by atoms with E-state index in [9.17, 15) is 0 Å². The molecule has 2 N–H and O–H groups in total. The van der Waals surface area contributed by atoms with E-state index in [0.717, 1.165) is 22.7 Å². The van der Waals surface area contributed by atoms with Crippen LogP contribution in [-0.4, -0.2) is 23.4 Å². The summed E-state index contributed by atoms with van der Waals surface area (Å²) in [5.74, 6) is 0.755. The van der Waals surface area contributed by atoms with Crippen LogP contribution in [0.2, 0.25) is 0 Å². The maximum atomic E-state index is 5.24. The highest BCUT2D eigenvalue weighted by atomic mass is 32.1. The lowest BCUT2D eigenvalue weighted by Crippen LogP contribution is -2.24. The van der Waals surface area contributed by atoms with Gasteiger partial charge in [-0.1, -0.05) is 12.1 Å². The van der Waals surface area contributed by atoms with Crippen molar-refractivity contribution in [3.05, 3.63) is 53.9 Å². The number of nitrogens with one attached hydrogen (secondary N) is 2. The first-order valence-electron chi connectivity index (χ1n) is 6.35. The quantitative estimate of drug-likeness (QED) is 0.516. The van der Waals surface area contributed by atoms with Crippen molar-refractivity contribution in [3.63, 3.8) is 0 Å². The van der Waals surface area contributed by atoms with Crippen LogP contribution in [0.4, 0.5) is 5.69 Å². The van der Waals surface area contributed by atoms with Crippen LogP contribution in [0.1, 0.15) is 11.3 Å². The van der Waals surface area contributed by atoms with Gasteiger partial charge in [-0.25, -0.2) is 0 Å². The maximum Gasteiger partial charge on any atom is 0.191 e. The monoisotopic (exact) mass is 300 g/mol. The summed E-state index contributed by atoms with van der Waals surface area (Å²) in [6, 6.07) is 11.3. The van der Waals surface area contributed by atoms with Crippen molar-refractivity contribution in [3.8, 4) is 5.75 Å². The number of benzene rings is 1. The van der Waals surface area contributed by atoms with Gasteiger partial charge in [-0.05, 0) is 43.4 Å². The topological polar surface area (TPSA) is 58.5 Å². The second kappa shape index (κ2) is 7.35. The number of nitrogens with zero attached hydrogens (tertiary/aromatic N) is 2. The number of ether oxygens (including phenoxy) is 1. The normalized spacial score (nSPS) is 10.4. The van der Waals surface area contributed by atoms with Crippen molar-refractivity contribution in [1.82, 2.24) is 10.4 Å². The van der Waals surface area contributed by atoms with Crippen molar-refractivity contribution in [1.29, 1.82) is 0 Å². The van der Waals surface area contributed by atoms with Crippen molar-refractivity contribution < 1.29 is 4.74 Å². The number of hydrogen-bond donors (Lipinski definition) is 2. The van der Waals surface area contributed by atoms with Gasteiger partial charge in [-0.15, -0.1) is 0 Å². The predicted octanol–water partition coefficient (Wildman–Crippen LogP) is 2.72. The number of hydrogen-bond acceptors (Lipinski definition) is 4. The summed E-state index contributed by atoms with van der Waals surface area (Å²) in [4.78, 5) is 4.18. The third kappa shape index (κ3) is 4.25. The third-order valence-electron chi connectivity index (χ3n) is 2.76. The van der Waals surface area contributed by atoms with Crippen LogP contribution in [0.3, 0.4) is 0 Å². The standard InChI is InChI=1S/C15H16N4OS/c1-11-13(7-5-9-16-11)18-15(21)19-17-10-12-6-3-4-8-14(12)20-2/h3-10H,1-2H3,(H2,18,19,21)/b17-10+. The lowest BCUT2D eigenvalue weighted by molar-refractivity contribution is 0.414. The lowest BCUT2D eigenvalue weighted by Gasteiger charge is -2.08. The van der Waals surface area contributed by atoms with Gasteiger partial charge >= 0.3 is 0 Å². The molecule has 0 unspecified atom stereocenters. The molecule has 2 aromatic rings. The number of methoxy groups -OCH3 is 1. The van der Waals surface area contributed by atoms with Crippen LogP contribution in [0.15, 0.2) is 47.7 Å². The van der Waals surface area contributed by atoms with Gasteiger partial charge in [0.15, 0.2) is 5.11 Å². The molecule has 0 atom stereocenters. The molecule has 6 heteroatoms. The first-order valence-corrected chi connectivity index (χ1v) is 6.76. The van der Waals surface area contributed by atoms with E-state index < -0.39 is 0 Å². The summed E-state index contributed by atoms with van der Waals surface area (Å²) >= 11 is 5.18. The molecule has 0 amide bonds. The Bertz CT molecular complexity index is 658. The molecule has 1 aromatic carbocycles. The largest absolute Gasteiger partial charge is 0.496 e. The van der Waals surface area contributed by atoms with E-state index in [2.05, 4.69) is 20.8 Å². The first kappa shape index (κ1) is 14.9. The first-order chi connectivity index (χ1) is 10.2. The highest BCUT2D eigenvalue weighted by Crippen LogP contribution is 2.14. The average molecular weight is 300 g/mol. The van der Waals surface area contributed by atoms with E-state index in [-0.39, 0.29) is 0 Å². The highest BCUT2D eigenvalue weighted by molar-refractivity contribution is 7.80. The molecule has 0 aliphatic heterocycles. The van der Waals surface area contributed by atoms with Crippen LogP contribution >= 0.6 is 12.2 Å². The molecule has 0 aliphatic rings. The summed E-state index contributed by atoms with van der Waals surface area (Å²) in [6.45, 7) is 1.91. The second-order valence-corrected chi connectivity index (χ2v) is 4.61. The summed E-state index contributed by atoms with van der Waals surface area (Å²) in [7, 11) is 1.62.